The number of carbonyl (C=O) groups excluding carboxylic acids is 1. The number of halogens is 1. The lowest BCUT2D eigenvalue weighted by atomic mass is 10.3. The lowest BCUT2D eigenvalue weighted by Gasteiger charge is -2.15. The molecule has 25 heavy (non-hydrogen) atoms. The summed E-state index contributed by atoms with van der Waals surface area (Å²) in [6.07, 6.45) is 1.49. The van der Waals surface area contributed by atoms with Gasteiger partial charge in [-0.15, -0.1) is 0 Å². The minimum Gasteiger partial charge on any atom is -0.481 e. The molecule has 1 aromatic heterocycles. The molecule has 1 aliphatic rings. The summed E-state index contributed by atoms with van der Waals surface area (Å²) in [6, 6.07) is 8.75. The second-order valence-corrected chi connectivity index (χ2v) is 6.10. The van der Waals surface area contributed by atoms with Gasteiger partial charge in [0.15, 0.2) is 6.10 Å². The Bertz CT molecular complexity index is 800. The molecule has 6 nitrogen and oxygen atoms in total. The summed E-state index contributed by atoms with van der Waals surface area (Å²) >= 11 is 0. The summed E-state index contributed by atoms with van der Waals surface area (Å²) in [7, 11) is 0. The Morgan fingerprint density at radius 1 is 1.32 bits per heavy atom. The summed E-state index contributed by atoms with van der Waals surface area (Å²) in [5.41, 5.74) is 0.744. The molecule has 1 atom stereocenters. The molecule has 0 aliphatic heterocycles. The summed E-state index contributed by atoms with van der Waals surface area (Å²) in [4.78, 5) is 23.9. The van der Waals surface area contributed by atoms with Crippen LogP contribution in [0, 0.1) is 5.82 Å². The van der Waals surface area contributed by atoms with Gasteiger partial charge >= 0.3 is 0 Å². The van der Waals surface area contributed by atoms with E-state index in [1.54, 1.807) is 13.0 Å². The van der Waals surface area contributed by atoms with E-state index in [4.69, 9.17) is 4.74 Å². The van der Waals surface area contributed by atoms with Gasteiger partial charge in [-0.1, -0.05) is 0 Å². The number of rotatable bonds is 7. The quantitative estimate of drug-likeness (QED) is 0.831. The lowest BCUT2D eigenvalue weighted by molar-refractivity contribution is -0.127. The van der Waals surface area contributed by atoms with E-state index in [9.17, 15) is 14.0 Å². The molecule has 1 saturated carbocycles. The van der Waals surface area contributed by atoms with Crippen molar-refractivity contribution in [2.75, 3.05) is 6.54 Å². The van der Waals surface area contributed by atoms with E-state index in [1.807, 2.05) is 0 Å². The first-order chi connectivity index (χ1) is 12.0. The predicted octanol–water partition coefficient (Wildman–Crippen LogP) is 1.84. The van der Waals surface area contributed by atoms with Crippen LogP contribution in [-0.4, -0.2) is 28.3 Å². The second kappa shape index (κ2) is 7.46. The van der Waals surface area contributed by atoms with E-state index in [-0.39, 0.29) is 23.8 Å². The van der Waals surface area contributed by atoms with E-state index in [1.165, 1.54) is 35.0 Å². The maximum absolute atomic E-state index is 12.9. The van der Waals surface area contributed by atoms with Gasteiger partial charge in [0.25, 0.3) is 11.5 Å². The van der Waals surface area contributed by atoms with Gasteiger partial charge in [-0.05, 0) is 50.1 Å². The molecule has 1 fully saturated rings. The first-order valence-corrected chi connectivity index (χ1v) is 8.31. The van der Waals surface area contributed by atoms with E-state index in [0.29, 0.717) is 18.2 Å². The monoisotopic (exact) mass is 345 g/mol. The van der Waals surface area contributed by atoms with Crippen molar-refractivity contribution < 1.29 is 13.9 Å². The van der Waals surface area contributed by atoms with Gasteiger partial charge in [-0.25, -0.2) is 9.07 Å². The van der Waals surface area contributed by atoms with Gasteiger partial charge in [-0.3, -0.25) is 9.59 Å². The molecule has 7 heteroatoms. The molecule has 2 aromatic rings. The molecule has 1 heterocycles. The minimum atomic E-state index is -0.729. The van der Waals surface area contributed by atoms with E-state index < -0.39 is 6.10 Å². The number of hydrogen-bond acceptors (Lipinski definition) is 4. The highest BCUT2D eigenvalue weighted by Gasteiger charge is 2.25. The standard InChI is InChI=1S/C18H20FN3O3/c1-12(25-15-6-4-14(19)5-7-15)18(24)20-10-11-22-17(23)9-8-16(21-22)13-2-3-13/h4-9,12-13H,2-3,10-11H2,1H3,(H,20,24). The summed E-state index contributed by atoms with van der Waals surface area (Å²) in [5, 5.41) is 7.05. The van der Waals surface area contributed by atoms with Crippen molar-refractivity contribution in [1.82, 2.24) is 15.1 Å². The average molecular weight is 345 g/mol. The number of amides is 1. The lowest BCUT2D eigenvalue weighted by Crippen LogP contribution is -2.39. The van der Waals surface area contributed by atoms with Gasteiger partial charge in [0.2, 0.25) is 0 Å². The Labute approximate surface area is 144 Å². The largest absolute Gasteiger partial charge is 0.481 e. The van der Waals surface area contributed by atoms with E-state index >= 15 is 0 Å². The SMILES string of the molecule is CC(Oc1ccc(F)cc1)C(=O)NCCn1nc(C2CC2)ccc1=O. The molecule has 132 valence electrons. The number of hydrogen-bond donors (Lipinski definition) is 1. The topological polar surface area (TPSA) is 73.2 Å². The molecule has 1 aromatic carbocycles. The highest BCUT2D eigenvalue weighted by Crippen LogP contribution is 2.38. The average Bonchev–Trinajstić information content (AvgIpc) is 3.43. The number of carbonyl (C=O) groups is 1. The van der Waals surface area contributed by atoms with Gasteiger partial charge in [0, 0.05) is 18.5 Å². The normalized spacial score (nSPS) is 14.8. The Kier molecular flexibility index (Phi) is 5.11. The fraction of sp³-hybridized carbons (Fsp3) is 0.389. The second-order valence-electron chi connectivity index (χ2n) is 6.10. The number of benzene rings is 1. The maximum atomic E-state index is 12.9. The van der Waals surface area contributed by atoms with Gasteiger partial charge < -0.3 is 10.1 Å². The van der Waals surface area contributed by atoms with Crippen LogP contribution >= 0.6 is 0 Å². The zero-order valence-corrected chi connectivity index (χ0v) is 13.9. The Balaban J connectivity index is 1.49. The summed E-state index contributed by atoms with van der Waals surface area (Å²) < 4.78 is 19.7. The Hall–Kier alpha value is -2.70. The molecular formula is C18H20FN3O3. The zero-order chi connectivity index (χ0) is 17.8. The molecule has 1 unspecified atom stereocenters. The first kappa shape index (κ1) is 17.1. The van der Waals surface area contributed by atoms with Crippen LogP contribution in [0.4, 0.5) is 4.39 Å². The molecule has 1 amide bonds. The van der Waals surface area contributed by atoms with Crippen LogP contribution in [0.3, 0.4) is 0 Å². The van der Waals surface area contributed by atoms with Crippen molar-refractivity contribution in [3.05, 3.63) is 58.3 Å². The number of ether oxygens (including phenoxy) is 1. The van der Waals surface area contributed by atoms with Crippen LogP contribution in [0.1, 0.15) is 31.4 Å². The molecule has 0 radical (unpaired) electrons. The molecule has 1 N–H and O–H groups in total. The van der Waals surface area contributed by atoms with Gasteiger partial charge in [0.1, 0.15) is 11.6 Å². The molecule has 1 aliphatic carbocycles. The predicted molar refractivity (Wildman–Crippen MR) is 90.0 cm³/mol. The summed E-state index contributed by atoms with van der Waals surface area (Å²) in [6.45, 7) is 2.18. The number of aromatic nitrogens is 2. The van der Waals surface area contributed by atoms with Gasteiger partial charge in [0.05, 0.1) is 12.2 Å². The molecule has 3 rings (SSSR count). The van der Waals surface area contributed by atoms with Crippen molar-refractivity contribution in [2.24, 2.45) is 0 Å². The van der Waals surface area contributed by atoms with Crippen LogP contribution < -0.4 is 15.6 Å². The van der Waals surface area contributed by atoms with Crippen LogP contribution in [0.2, 0.25) is 0 Å². The first-order valence-electron chi connectivity index (χ1n) is 8.31. The minimum absolute atomic E-state index is 0.186. The van der Waals surface area contributed by atoms with E-state index in [0.717, 1.165) is 18.5 Å². The summed E-state index contributed by atoms with van der Waals surface area (Å²) in [5.74, 6) is 0.205. The van der Waals surface area contributed by atoms with Crippen molar-refractivity contribution in [3.8, 4) is 5.75 Å². The molecule has 0 bridgehead atoms. The molecule has 0 saturated heterocycles. The van der Waals surface area contributed by atoms with Crippen LogP contribution in [0.25, 0.3) is 0 Å². The third-order valence-electron chi connectivity index (χ3n) is 4.00. The fourth-order valence-corrected chi connectivity index (χ4v) is 2.42. The number of nitrogens with one attached hydrogen (secondary N) is 1. The Morgan fingerprint density at radius 3 is 2.72 bits per heavy atom. The van der Waals surface area contributed by atoms with Crippen molar-refractivity contribution in [1.29, 1.82) is 0 Å². The maximum Gasteiger partial charge on any atom is 0.266 e. The van der Waals surface area contributed by atoms with Crippen LogP contribution in [0.5, 0.6) is 5.75 Å². The van der Waals surface area contributed by atoms with Crippen molar-refractivity contribution in [2.45, 2.75) is 38.3 Å². The third kappa shape index (κ3) is 4.65. The van der Waals surface area contributed by atoms with E-state index in [2.05, 4.69) is 10.4 Å². The zero-order valence-electron chi connectivity index (χ0n) is 13.9. The highest BCUT2D eigenvalue weighted by molar-refractivity contribution is 5.80. The van der Waals surface area contributed by atoms with Gasteiger partial charge in [-0.2, -0.15) is 5.10 Å². The van der Waals surface area contributed by atoms with Crippen LogP contribution in [0.15, 0.2) is 41.2 Å². The third-order valence-corrected chi connectivity index (χ3v) is 4.00. The Morgan fingerprint density at radius 2 is 2.04 bits per heavy atom. The number of nitrogens with zero attached hydrogens (tertiary/aromatic N) is 2. The van der Waals surface area contributed by atoms with Crippen molar-refractivity contribution >= 4 is 5.91 Å². The highest BCUT2D eigenvalue weighted by atomic mass is 19.1. The molecule has 0 spiro atoms. The van der Waals surface area contributed by atoms with Crippen molar-refractivity contribution in [3.63, 3.8) is 0 Å². The van der Waals surface area contributed by atoms with Crippen LogP contribution in [-0.2, 0) is 11.3 Å². The fourth-order valence-electron chi connectivity index (χ4n) is 2.42. The smallest absolute Gasteiger partial charge is 0.266 e. The molecular weight excluding hydrogens is 325 g/mol.